The predicted molar refractivity (Wildman–Crippen MR) is 63.7 cm³/mol. The molecule has 0 saturated heterocycles. The molecule has 1 aromatic carbocycles. The van der Waals surface area contributed by atoms with Gasteiger partial charge in [0.25, 0.3) is 0 Å². The molecular weight excluding hydrogens is 184 g/mol. The van der Waals surface area contributed by atoms with Crippen LogP contribution in [0.3, 0.4) is 0 Å². The average molecular weight is 200 g/mol. The number of benzene rings is 1. The molecule has 0 bridgehead atoms. The highest BCUT2D eigenvalue weighted by atomic mass is 15.2. The maximum Gasteiger partial charge on any atom is 0.104 e. The Morgan fingerprint density at radius 1 is 1.27 bits per heavy atom. The van der Waals surface area contributed by atoms with Crippen LogP contribution in [0.25, 0.3) is 0 Å². The van der Waals surface area contributed by atoms with Crippen LogP contribution in [0.15, 0.2) is 47.6 Å². The lowest BCUT2D eigenvalue weighted by Crippen LogP contribution is -2.26. The molecule has 0 unspecified atom stereocenters. The van der Waals surface area contributed by atoms with Crippen molar-refractivity contribution in [1.29, 1.82) is 0 Å². The summed E-state index contributed by atoms with van der Waals surface area (Å²) in [4.78, 5) is 6.61. The first kappa shape index (κ1) is 9.97. The van der Waals surface area contributed by atoms with Gasteiger partial charge in [-0.15, -0.1) is 0 Å². The van der Waals surface area contributed by atoms with E-state index in [-0.39, 0.29) is 0 Å². The largest absolute Gasteiger partial charge is 0.359 e. The molecule has 2 heteroatoms. The van der Waals surface area contributed by atoms with Crippen molar-refractivity contribution in [3.63, 3.8) is 0 Å². The van der Waals surface area contributed by atoms with Gasteiger partial charge in [-0.25, -0.2) is 4.99 Å². The van der Waals surface area contributed by atoms with Crippen LogP contribution in [-0.4, -0.2) is 17.8 Å². The van der Waals surface area contributed by atoms with Crippen LogP contribution in [0.5, 0.6) is 0 Å². The molecule has 15 heavy (non-hydrogen) atoms. The van der Waals surface area contributed by atoms with Crippen molar-refractivity contribution in [2.45, 2.75) is 19.4 Å². The molecule has 0 spiro atoms. The first-order valence-electron chi connectivity index (χ1n) is 5.33. The molecule has 78 valence electrons. The SMILES string of the molecule is CN(Cc1ccccc1)C1=NC=CCC1. The van der Waals surface area contributed by atoms with E-state index >= 15 is 0 Å². The summed E-state index contributed by atoms with van der Waals surface area (Å²) >= 11 is 0. The van der Waals surface area contributed by atoms with E-state index < -0.39 is 0 Å². The monoisotopic (exact) mass is 200 g/mol. The highest BCUT2D eigenvalue weighted by Crippen LogP contribution is 2.09. The Kier molecular flexibility index (Phi) is 3.18. The zero-order chi connectivity index (χ0) is 10.5. The topological polar surface area (TPSA) is 15.6 Å². The van der Waals surface area contributed by atoms with Gasteiger partial charge >= 0.3 is 0 Å². The zero-order valence-corrected chi connectivity index (χ0v) is 9.06. The molecule has 1 aliphatic rings. The van der Waals surface area contributed by atoms with Crippen molar-refractivity contribution in [3.05, 3.63) is 48.2 Å². The van der Waals surface area contributed by atoms with Crippen molar-refractivity contribution in [1.82, 2.24) is 4.90 Å². The van der Waals surface area contributed by atoms with E-state index in [2.05, 4.69) is 47.3 Å². The maximum absolute atomic E-state index is 4.39. The Morgan fingerprint density at radius 3 is 2.73 bits per heavy atom. The number of amidine groups is 1. The minimum atomic E-state index is 0.938. The van der Waals surface area contributed by atoms with Crippen molar-refractivity contribution in [2.75, 3.05) is 7.05 Å². The van der Waals surface area contributed by atoms with Crippen molar-refractivity contribution in [2.24, 2.45) is 4.99 Å². The van der Waals surface area contributed by atoms with E-state index in [4.69, 9.17) is 0 Å². The molecule has 0 N–H and O–H groups in total. The van der Waals surface area contributed by atoms with Crippen LogP contribution in [0.2, 0.25) is 0 Å². The summed E-state index contributed by atoms with van der Waals surface area (Å²) in [7, 11) is 2.10. The number of nitrogens with zero attached hydrogens (tertiary/aromatic N) is 2. The molecular formula is C13H16N2. The molecule has 0 aromatic heterocycles. The minimum absolute atomic E-state index is 0.938. The fourth-order valence-electron chi connectivity index (χ4n) is 1.73. The van der Waals surface area contributed by atoms with Gasteiger partial charge in [-0.2, -0.15) is 0 Å². The first-order valence-corrected chi connectivity index (χ1v) is 5.33. The fourth-order valence-corrected chi connectivity index (χ4v) is 1.73. The summed E-state index contributed by atoms with van der Waals surface area (Å²) in [6.45, 7) is 0.938. The third kappa shape index (κ3) is 2.69. The number of rotatable bonds is 2. The van der Waals surface area contributed by atoms with E-state index in [1.807, 2.05) is 12.3 Å². The Labute approximate surface area is 90.9 Å². The van der Waals surface area contributed by atoms with Gasteiger partial charge in [0.15, 0.2) is 0 Å². The highest BCUT2D eigenvalue weighted by Gasteiger charge is 2.07. The smallest absolute Gasteiger partial charge is 0.104 e. The molecule has 2 rings (SSSR count). The summed E-state index contributed by atoms with van der Waals surface area (Å²) in [5, 5.41) is 0. The fraction of sp³-hybridized carbons (Fsp3) is 0.308. The van der Waals surface area contributed by atoms with Crippen LogP contribution < -0.4 is 0 Å². The van der Waals surface area contributed by atoms with Crippen molar-refractivity contribution >= 4 is 5.84 Å². The number of aliphatic imine (C=N–C) groups is 1. The van der Waals surface area contributed by atoms with E-state index in [1.54, 1.807) is 0 Å². The normalized spacial score (nSPS) is 14.9. The molecule has 0 fully saturated rings. The molecule has 1 aromatic rings. The zero-order valence-electron chi connectivity index (χ0n) is 9.06. The summed E-state index contributed by atoms with van der Waals surface area (Å²) in [5.41, 5.74) is 1.33. The lowest BCUT2D eigenvalue weighted by atomic mass is 10.2. The van der Waals surface area contributed by atoms with Crippen LogP contribution in [0.4, 0.5) is 0 Å². The summed E-state index contributed by atoms with van der Waals surface area (Å²) in [5.74, 6) is 1.18. The van der Waals surface area contributed by atoms with Crippen LogP contribution >= 0.6 is 0 Å². The van der Waals surface area contributed by atoms with Gasteiger partial charge in [0.05, 0.1) is 0 Å². The molecule has 2 nitrogen and oxygen atoms in total. The van der Waals surface area contributed by atoms with E-state index in [0.29, 0.717) is 0 Å². The highest BCUT2D eigenvalue weighted by molar-refractivity contribution is 5.83. The van der Waals surface area contributed by atoms with Gasteiger partial charge < -0.3 is 4.90 Å². The summed E-state index contributed by atoms with van der Waals surface area (Å²) in [6, 6.07) is 10.5. The van der Waals surface area contributed by atoms with Gasteiger partial charge in [-0.3, -0.25) is 0 Å². The maximum atomic E-state index is 4.39. The Morgan fingerprint density at radius 2 is 2.07 bits per heavy atom. The average Bonchev–Trinajstić information content (AvgIpc) is 2.31. The second kappa shape index (κ2) is 4.78. The van der Waals surface area contributed by atoms with Crippen LogP contribution in [0.1, 0.15) is 18.4 Å². The van der Waals surface area contributed by atoms with Crippen LogP contribution in [0, 0.1) is 0 Å². The first-order chi connectivity index (χ1) is 7.36. The molecule has 0 radical (unpaired) electrons. The summed E-state index contributed by atoms with van der Waals surface area (Å²) < 4.78 is 0. The molecule has 0 atom stereocenters. The Balaban J connectivity index is 2.00. The van der Waals surface area contributed by atoms with Crippen molar-refractivity contribution in [3.8, 4) is 0 Å². The Hall–Kier alpha value is -1.57. The molecule has 0 saturated carbocycles. The molecule has 1 heterocycles. The van der Waals surface area contributed by atoms with E-state index in [1.165, 1.54) is 11.4 Å². The van der Waals surface area contributed by atoms with Gasteiger partial charge in [-0.1, -0.05) is 36.4 Å². The van der Waals surface area contributed by atoms with E-state index in [0.717, 1.165) is 19.4 Å². The van der Waals surface area contributed by atoms with Crippen LogP contribution in [-0.2, 0) is 6.54 Å². The van der Waals surface area contributed by atoms with Gasteiger partial charge in [0, 0.05) is 26.2 Å². The Bertz CT molecular complexity index is 365. The lowest BCUT2D eigenvalue weighted by Gasteiger charge is -2.22. The molecule has 0 amide bonds. The van der Waals surface area contributed by atoms with Gasteiger partial charge in [0.1, 0.15) is 5.84 Å². The minimum Gasteiger partial charge on any atom is -0.359 e. The summed E-state index contributed by atoms with van der Waals surface area (Å²) in [6.07, 6.45) is 6.18. The molecule has 0 aliphatic carbocycles. The quantitative estimate of drug-likeness (QED) is 0.716. The third-order valence-corrected chi connectivity index (χ3v) is 2.57. The molecule has 1 aliphatic heterocycles. The van der Waals surface area contributed by atoms with E-state index in [9.17, 15) is 0 Å². The number of allylic oxidation sites excluding steroid dienone is 1. The second-order valence-electron chi connectivity index (χ2n) is 3.81. The third-order valence-electron chi connectivity index (χ3n) is 2.57. The second-order valence-corrected chi connectivity index (χ2v) is 3.81. The lowest BCUT2D eigenvalue weighted by molar-refractivity contribution is 0.487. The van der Waals surface area contributed by atoms with Gasteiger partial charge in [-0.05, 0) is 12.0 Å². The number of hydrogen-bond acceptors (Lipinski definition) is 2. The predicted octanol–water partition coefficient (Wildman–Crippen LogP) is 2.82. The van der Waals surface area contributed by atoms with Gasteiger partial charge in [0.2, 0.25) is 0 Å². The number of hydrogen-bond donors (Lipinski definition) is 0. The standard InChI is InChI=1S/C13H16N2/c1-15(13-9-5-6-10-14-13)11-12-7-3-2-4-8-12/h2-4,6-8,10H,5,9,11H2,1H3. The van der Waals surface area contributed by atoms with Crippen molar-refractivity contribution < 1.29 is 0 Å².